The molecule has 0 N–H and O–H groups in total. The zero-order valence-corrected chi connectivity index (χ0v) is 10.5. The average molecular weight is 258 g/mol. The van der Waals surface area contributed by atoms with E-state index in [0.717, 1.165) is 31.6 Å². The first-order valence-electron chi connectivity index (χ1n) is 6.43. The highest BCUT2D eigenvalue weighted by atomic mass is 16.6. The Morgan fingerprint density at radius 3 is 2.84 bits per heavy atom. The number of nitro groups is 1. The highest BCUT2D eigenvalue weighted by molar-refractivity contribution is 5.68. The normalized spacial score (nSPS) is 14.7. The zero-order valence-electron chi connectivity index (χ0n) is 10.5. The maximum absolute atomic E-state index is 11.1. The molecule has 98 valence electrons. The fraction of sp³-hybridized carbons (Fsp3) is 0.385. The summed E-state index contributed by atoms with van der Waals surface area (Å²) in [6.45, 7) is 0.837. The lowest BCUT2D eigenvalue weighted by Gasteiger charge is -2.07. The van der Waals surface area contributed by atoms with Gasteiger partial charge in [-0.3, -0.25) is 10.1 Å². The molecule has 0 unspecified atom stereocenters. The van der Waals surface area contributed by atoms with Crippen LogP contribution in [0.15, 0.2) is 24.3 Å². The molecule has 19 heavy (non-hydrogen) atoms. The van der Waals surface area contributed by atoms with E-state index in [-0.39, 0.29) is 10.6 Å². The van der Waals surface area contributed by atoms with Crippen molar-refractivity contribution in [3.8, 4) is 11.4 Å². The minimum atomic E-state index is -0.367. The second-order valence-corrected chi connectivity index (χ2v) is 4.68. The number of rotatable bonds is 2. The summed E-state index contributed by atoms with van der Waals surface area (Å²) in [6, 6.07) is 6.70. The van der Waals surface area contributed by atoms with Crippen molar-refractivity contribution < 1.29 is 4.92 Å². The summed E-state index contributed by atoms with van der Waals surface area (Å²) in [7, 11) is 0. The van der Waals surface area contributed by atoms with Crippen LogP contribution in [0.4, 0.5) is 5.69 Å². The Morgan fingerprint density at radius 2 is 2.00 bits per heavy atom. The van der Waals surface area contributed by atoms with Gasteiger partial charge in [-0.2, -0.15) is 0 Å². The van der Waals surface area contributed by atoms with Gasteiger partial charge in [-0.15, -0.1) is 10.2 Å². The number of aryl methyl sites for hydroxylation is 1. The van der Waals surface area contributed by atoms with Crippen LogP contribution in [0.25, 0.3) is 11.4 Å². The van der Waals surface area contributed by atoms with Crippen molar-refractivity contribution in [1.82, 2.24) is 14.8 Å². The fourth-order valence-corrected chi connectivity index (χ4v) is 2.51. The Hall–Kier alpha value is -2.24. The van der Waals surface area contributed by atoms with Crippen LogP contribution in [-0.2, 0) is 13.0 Å². The van der Waals surface area contributed by atoms with Crippen molar-refractivity contribution in [3.05, 3.63) is 40.2 Å². The molecule has 1 aromatic heterocycles. The van der Waals surface area contributed by atoms with Crippen molar-refractivity contribution >= 4 is 5.69 Å². The third-order valence-electron chi connectivity index (χ3n) is 3.45. The first-order chi connectivity index (χ1) is 9.27. The molecule has 0 radical (unpaired) electrons. The maximum Gasteiger partial charge on any atom is 0.280 e. The molecule has 0 fully saturated rings. The van der Waals surface area contributed by atoms with Crippen LogP contribution < -0.4 is 0 Å². The topological polar surface area (TPSA) is 73.8 Å². The molecule has 0 amide bonds. The minimum Gasteiger partial charge on any atom is -0.311 e. The number of hydrogen-bond donors (Lipinski definition) is 0. The number of nitro benzene ring substituents is 1. The van der Waals surface area contributed by atoms with Crippen molar-refractivity contribution in [2.45, 2.75) is 32.2 Å². The summed E-state index contributed by atoms with van der Waals surface area (Å²) in [6.07, 6.45) is 4.24. The zero-order chi connectivity index (χ0) is 13.2. The number of fused-ring (bicyclic) bond motifs is 1. The van der Waals surface area contributed by atoms with Crippen molar-refractivity contribution in [1.29, 1.82) is 0 Å². The number of benzene rings is 1. The Kier molecular flexibility index (Phi) is 2.98. The molecule has 6 heteroatoms. The molecule has 1 aliphatic heterocycles. The Labute approximate surface area is 110 Å². The fourth-order valence-electron chi connectivity index (χ4n) is 2.51. The van der Waals surface area contributed by atoms with E-state index in [0.29, 0.717) is 11.4 Å². The molecule has 0 bridgehead atoms. The highest BCUT2D eigenvalue weighted by Crippen LogP contribution is 2.29. The van der Waals surface area contributed by atoms with E-state index in [1.165, 1.54) is 12.5 Å². The Bertz CT molecular complexity index is 621. The average Bonchev–Trinajstić information content (AvgIpc) is 2.67. The third kappa shape index (κ3) is 2.09. The molecule has 2 aromatic rings. The van der Waals surface area contributed by atoms with Gasteiger partial charge in [0.05, 0.1) is 10.5 Å². The molecule has 3 rings (SSSR count). The SMILES string of the molecule is O=[N+]([O-])c1ccccc1-c1nnc2n1CCCCC2. The lowest BCUT2D eigenvalue weighted by atomic mass is 10.1. The van der Waals surface area contributed by atoms with E-state index >= 15 is 0 Å². The summed E-state index contributed by atoms with van der Waals surface area (Å²) in [5, 5.41) is 19.4. The largest absolute Gasteiger partial charge is 0.311 e. The third-order valence-corrected chi connectivity index (χ3v) is 3.45. The first-order valence-corrected chi connectivity index (χ1v) is 6.43. The predicted molar refractivity (Wildman–Crippen MR) is 69.7 cm³/mol. The van der Waals surface area contributed by atoms with Crippen LogP contribution in [0.5, 0.6) is 0 Å². The summed E-state index contributed by atoms with van der Waals surface area (Å²) < 4.78 is 2.02. The van der Waals surface area contributed by atoms with E-state index in [1.807, 2.05) is 4.57 Å². The molecule has 0 spiro atoms. The first kappa shape index (κ1) is 11.8. The van der Waals surface area contributed by atoms with Crippen LogP contribution >= 0.6 is 0 Å². The maximum atomic E-state index is 11.1. The highest BCUT2D eigenvalue weighted by Gasteiger charge is 2.22. The van der Waals surface area contributed by atoms with Gasteiger partial charge in [0.2, 0.25) is 0 Å². The monoisotopic (exact) mass is 258 g/mol. The van der Waals surface area contributed by atoms with Crippen LogP contribution in [0, 0.1) is 10.1 Å². The molecular formula is C13H14N4O2. The molecular weight excluding hydrogens is 244 g/mol. The van der Waals surface area contributed by atoms with E-state index < -0.39 is 0 Å². The smallest absolute Gasteiger partial charge is 0.280 e. The van der Waals surface area contributed by atoms with E-state index in [2.05, 4.69) is 10.2 Å². The van der Waals surface area contributed by atoms with Crippen LogP contribution in [-0.4, -0.2) is 19.7 Å². The number of nitrogens with zero attached hydrogens (tertiary/aromatic N) is 4. The van der Waals surface area contributed by atoms with Crippen molar-refractivity contribution in [3.63, 3.8) is 0 Å². The minimum absolute atomic E-state index is 0.0851. The lowest BCUT2D eigenvalue weighted by Crippen LogP contribution is -2.04. The Morgan fingerprint density at radius 1 is 1.16 bits per heavy atom. The summed E-state index contributed by atoms with van der Waals surface area (Å²) in [5.74, 6) is 1.55. The van der Waals surface area contributed by atoms with Crippen LogP contribution in [0.1, 0.15) is 25.1 Å². The molecule has 1 aromatic carbocycles. The van der Waals surface area contributed by atoms with Gasteiger partial charge in [-0.1, -0.05) is 18.6 Å². The van der Waals surface area contributed by atoms with Gasteiger partial charge in [0.15, 0.2) is 5.82 Å². The quantitative estimate of drug-likeness (QED) is 0.613. The standard InChI is InChI=1S/C13H14N4O2/c18-17(19)11-7-4-3-6-10(11)13-15-14-12-8-2-1-5-9-16(12)13/h3-4,6-7H,1-2,5,8-9H2. The predicted octanol–water partition coefficient (Wildman–Crippen LogP) is 2.58. The van der Waals surface area contributed by atoms with Crippen molar-refractivity contribution in [2.24, 2.45) is 0 Å². The molecule has 2 heterocycles. The van der Waals surface area contributed by atoms with Gasteiger partial charge < -0.3 is 4.57 Å². The number of para-hydroxylation sites is 1. The van der Waals surface area contributed by atoms with E-state index in [9.17, 15) is 10.1 Å². The second-order valence-electron chi connectivity index (χ2n) is 4.68. The van der Waals surface area contributed by atoms with Crippen LogP contribution in [0.2, 0.25) is 0 Å². The number of aromatic nitrogens is 3. The lowest BCUT2D eigenvalue weighted by molar-refractivity contribution is -0.384. The molecule has 1 aliphatic rings. The molecule has 0 saturated carbocycles. The number of hydrogen-bond acceptors (Lipinski definition) is 4. The second kappa shape index (κ2) is 4.79. The van der Waals surface area contributed by atoms with Crippen LogP contribution in [0.3, 0.4) is 0 Å². The molecule has 0 aliphatic carbocycles. The van der Waals surface area contributed by atoms with E-state index in [4.69, 9.17) is 0 Å². The van der Waals surface area contributed by atoms with E-state index in [1.54, 1.807) is 18.2 Å². The molecule has 0 atom stereocenters. The molecule has 6 nitrogen and oxygen atoms in total. The van der Waals surface area contributed by atoms with Gasteiger partial charge in [-0.25, -0.2) is 0 Å². The molecule has 0 saturated heterocycles. The summed E-state index contributed by atoms with van der Waals surface area (Å²) in [5.41, 5.74) is 0.634. The van der Waals surface area contributed by atoms with Gasteiger partial charge in [0.25, 0.3) is 5.69 Å². The summed E-state index contributed by atoms with van der Waals surface area (Å²) >= 11 is 0. The van der Waals surface area contributed by atoms with Gasteiger partial charge in [0, 0.05) is 19.0 Å². The van der Waals surface area contributed by atoms with Gasteiger partial charge in [-0.05, 0) is 18.9 Å². The Balaban J connectivity index is 2.13. The van der Waals surface area contributed by atoms with Crippen molar-refractivity contribution in [2.75, 3.05) is 0 Å². The van der Waals surface area contributed by atoms with Gasteiger partial charge in [0.1, 0.15) is 5.82 Å². The van der Waals surface area contributed by atoms with Gasteiger partial charge >= 0.3 is 0 Å². The summed E-state index contributed by atoms with van der Waals surface area (Å²) in [4.78, 5) is 10.7.